The zero-order valence-corrected chi connectivity index (χ0v) is 12.1. The van der Waals surface area contributed by atoms with Crippen LogP contribution in [-0.4, -0.2) is 42.2 Å². The van der Waals surface area contributed by atoms with E-state index in [1.807, 2.05) is 6.07 Å². The number of aliphatic hydroxyl groups excluding tert-OH is 1. The van der Waals surface area contributed by atoms with E-state index in [4.69, 9.17) is 5.73 Å². The van der Waals surface area contributed by atoms with E-state index in [2.05, 4.69) is 5.32 Å². The zero-order chi connectivity index (χ0) is 14.7. The molecule has 0 heterocycles. The lowest BCUT2D eigenvalue weighted by Crippen LogP contribution is -2.28. The molecule has 1 aromatic rings. The van der Waals surface area contributed by atoms with Crippen LogP contribution in [0.25, 0.3) is 0 Å². The van der Waals surface area contributed by atoms with Crippen molar-refractivity contribution >= 4 is 17.3 Å². The monoisotopic (exact) mass is 277 g/mol. The van der Waals surface area contributed by atoms with Crippen molar-refractivity contribution in [2.24, 2.45) is 0 Å². The normalized spacial score (nSPS) is 22.4. The molecule has 0 spiro atoms. The van der Waals surface area contributed by atoms with Gasteiger partial charge in [-0.1, -0.05) is 0 Å². The molecule has 20 heavy (non-hydrogen) atoms. The summed E-state index contributed by atoms with van der Waals surface area (Å²) in [5.41, 5.74) is 8.05. The summed E-state index contributed by atoms with van der Waals surface area (Å²) < 4.78 is 0. The minimum atomic E-state index is -0.174. The van der Waals surface area contributed by atoms with Crippen LogP contribution in [0.1, 0.15) is 36.0 Å². The highest BCUT2D eigenvalue weighted by Gasteiger charge is 2.20. The maximum atomic E-state index is 12.0. The second-order valence-corrected chi connectivity index (χ2v) is 5.65. The van der Waals surface area contributed by atoms with Crippen LogP contribution in [-0.2, 0) is 0 Å². The van der Waals surface area contributed by atoms with Crippen molar-refractivity contribution in [1.29, 1.82) is 0 Å². The van der Waals surface area contributed by atoms with Gasteiger partial charge in [-0.15, -0.1) is 0 Å². The van der Waals surface area contributed by atoms with E-state index in [0.29, 0.717) is 17.3 Å². The summed E-state index contributed by atoms with van der Waals surface area (Å²) in [5.74, 6) is -0.0351. The van der Waals surface area contributed by atoms with Gasteiger partial charge in [0.15, 0.2) is 0 Å². The Morgan fingerprint density at radius 1 is 1.30 bits per heavy atom. The number of carbonyl (C=O) groups is 1. The van der Waals surface area contributed by atoms with E-state index in [1.54, 1.807) is 31.1 Å². The number of anilines is 2. The van der Waals surface area contributed by atoms with E-state index < -0.39 is 0 Å². The number of benzene rings is 1. The number of hydrogen-bond acceptors (Lipinski definition) is 4. The summed E-state index contributed by atoms with van der Waals surface area (Å²) >= 11 is 0. The maximum absolute atomic E-state index is 12.0. The van der Waals surface area contributed by atoms with Gasteiger partial charge in [0.1, 0.15) is 0 Å². The molecule has 0 aromatic heterocycles. The van der Waals surface area contributed by atoms with Crippen LogP contribution in [0, 0.1) is 0 Å². The summed E-state index contributed by atoms with van der Waals surface area (Å²) in [6.45, 7) is 0. The summed E-state index contributed by atoms with van der Waals surface area (Å²) in [4.78, 5) is 13.5. The zero-order valence-electron chi connectivity index (χ0n) is 12.1. The standard InChI is InChI=1S/C15H23N3O2/c1-18(2)15(20)10-3-8-13(16)14(9-10)17-11-4-6-12(19)7-5-11/h3,8-9,11-12,17,19H,4-7,16H2,1-2H3. The molecule has 0 radical (unpaired) electrons. The lowest BCUT2D eigenvalue weighted by Gasteiger charge is -2.27. The highest BCUT2D eigenvalue weighted by molar-refractivity contribution is 5.95. The molecule has 110 valence electrons. The molecule has 2 rings (SSSR count). The molecule has 0 aliphatic heterocycles. The average Bonchev–Trinajstić information content (AvgIpc) is 2.43. The first-order valence-corrected chi connectivity index (χ1v) is 7.03. The van der Waals surface area contributed by atoms with Gasteiger partial charge in [-0.3, -0.25) is 4.79 Å². The van der Waals surface area contributed by atoms with E-state index in [9.17, 15) is 9.90 Å². The van der Waals surface area contributed by atoms with Crippen LogP contribution >= 0.6 is 0 Å². The molecular formula is C15H23N3O2. The SMILES string of the molecule is CN(C)C(=O)c1ccc(N)c(NC2CCC(O)CC2)c1. The highest BCUT2D eigenvalue weighted by Crippen LogP contribution is 2.26. The van der Waals surface area contributed by atoms with Crippen LogP contribution in [0.3, 0.4) is 0 Å². The maximum Gasteiger partial charge on any atom is 0.253 e. The van der Waals surface area contributed by atoms with Crippen molar-refractivity contribution < 1.29 is 9.90 Å². The van der Waals surface area contributed by atoms with Gasteiger partial charge in [0, 0.05) is 25.7 Å². The Hall–Kier alpha value is -1.75. The summed E-state index contributed by atoms with van der Waals surface area (Å²) in [6.07, 6.45) is 3.30. The lowest BCUT2D eigenvalue weighted by atomic mass is 9.93. The van der Waals surface area contributed by atoms with Crippen LogP contribution in [0.4, 0.5) is 11.4 Å². The smallest absolute Gasteiger partial charge is 0.253 e. The van der Waals surface area contributed by atoms with Crippen molar-refractivity contribution in [1.82, 2.24) is 4.90 Å². The van der Waals surface area contributed by atoms with Gasteiger partial charge >= 0.3 is 0 Å². The van der Waals surface area contributed by atoms with E-state index in [0.717, 1.165) is 31.4 Å². The molecule has 5 heteroatoms. The fraction of sp³-hybridized carbons (Fsp3) is 0.533. The number of hydrogen-bond donors (Lipinski definition) is 3. The fourth-order valence-corrected chi connectivity index (χ4v) is 2.51. The predicted molar refractivity (Wildman–Crippen MR) is 80.8 cm³/mol. The number of nitrogen functional groups attached to an aromatic ring is 1. The fourth-order valence-electron chi connectivity index (χ4n) is 2.51. The third-order valence-corrected chi connectivity index (χ3v) is 3.76. The molecular weight excluding hydrogens is 254 g/mol. The quantitative estimate of drug-likeness (QED) is 0.735. The minimum Gasteiger partial charge on any atom is -0.397 e. The molecule has 1 aromatic carbocycles. The molecule has 0 unspecified atom stereocenters. The Kier molecular flexibility index (Phi) is 4.49. The summed E-state index contributed by atoms with van der Waals surface area (Å²) in [7, 11) is 3.46. The first kappa shape index (κ1) is 14.7. The Labute approximate surface area is 119 Å². The number of rotatable bonds is 3. The largest absolute Gasteiger partial charge is 0.397 e. The minimum absolute atomic E-state index is 0.0351. The Balaban J connectivity index is 2.11. The van der Waals surface area contributed by atoms with Crippen molar-refractivity contribution in [2.75, 3.05) is 25.1 Å². The van der Waals surface area contributed by atoms with Crippen molar-refractivity contribution in [3.05, 3.63) is 23.8 Å². The number of carbonyl (C=O) groups excluding carboxylic acids is 1. The van der Waals surface area contributed by atoms with Gasteiger partial charge in [0.2, 0.25) is 0 Å². The van der Waals surface area contributed by atoms with Crippen LogP contribution < -0.4 is 11.1 Å². The number of amides is 1. The number of nitrogens with zero attached hydrogens (tertiary/aromatic N) is 1. The molecule has 1 aliphatic rings. The second-order valence-electron chi connectivity index (χ2n) is 5.65. The Morgan fingerprint density at radius 2 is 1.95 bits per heavy atom. The molecule has 4 N–H and O–H groups in total. The molecule has 1 aliphatic carbocycles. The van der Waals surface area contributed by atoms with Gasteiger partial charge in [0.25, 0.3) is 5.91 Å². The van der Waals surface area contributed by atoms with Crippen LogP contribution in [0.2, 0.25) is 0 Å². The lowest BCUT2D eigenvalue weighted by molar-refractivity contribution is 0.0827. The van der Waals surface area contributed by atoms with E-state index >= 15 is 0 Å². The van der Waals surface area contributed by atoms with Gasteiger partial charge in [-0.25, -0.2) is 0 Å². The number of nitrogens with two attached hydrogens (primary N) is 1. The first-order chi connectivity index (χ1) is 9.47. The van der Waals surface area contributed by atoms with Crippen molar-refractivity contribution in [3.8, 4) is 0 Å². The molecule has 0 atom stereocenters. The number of nitrogens with one attached hydrogen (secondary N) is 1. The van der Waals surface area contributed by atoms with Crippen LogP contribution in [0.15, 0.2) is 18.2 Å². The van der Waals surface area contributed by atoms with Crippen molar-refractivity contribution in [3.63, 3.8) is 0 Å². The average molecular weight is 277 g/mol. The molecule has 0 saturated heterocycles. The molecule has 1 amide bonds. The van der Waals surface area contributed by atoms with Crippen LogP contribution in [0.5, 0.6) is 0 Å². The summed E-state index contributed by atoms with van der Waals surface area (Å²) in [5, 5.41) is 12.9. The third kappa shape index (κ3) is 3.42. The third-order valence-electron chi connectivity index (χ3n) is 3.76. The van der Waals surface area contributed by atoms with Gasteiger partial charge in [-0.2, -0.15) is 0 Å². The molecule has 0 bridgehead atoms. The highest BCUT2D eigenvalue weighted by atomic mass is 16.3. The van der Waals surface area contributed by atoms with Gasteiger partial charge in [-0.05, 0) is 43.9 Å². The molecule has 1 saturated carbocycles. The molecule has 5 nitrogen and oxygen atoms in total. The van der Waals surface area contributed by atoms with Gasteiger partial charge < -0.3 is 21.1 Å². The second kappa shape index (κ2) is 6.13. The topological polar surface area (TPSA) is 78.6 Å². The molecule has 1 fully saturated rings. The Bertz CT molecular complexity index is 480. The Morgan fingerprint density at radius 3 is 2.55 bits per heavy atom. The van der Waals surface area contributed by atoms with Gasteiger partial charge in [0.05, 0.1) is 17.5 Å². The van der Waals surface area contributed by atoms with E-state index in [-0.39, 0.29) is 12.0 Å². The van der Waals surface area contributed by atoms with Crippen molar-refractivity contribution in [2.45, 2.75) is 37.8 Å². The number of aliphatic hydroxyl groups is 1. The first-order valence-electron chi connectivity index (χ1n) is 7.03. The predicted octanol–water partition coefficient (Wildman–Crippen LogP) is 1.69. The summed E-state index contributed by atoms with van der Waals surface area (Å²) in [6, 6.07) is 5.62. The van der Waals surface area contributed by atoms with E-state index in [1.165, 1.54) is 0 Å².